The molecule has 0 amide bonds. The number of rotatable bonds is 2. The number of aromatic nitrogens is 3. The molecular formula is C19H26N4O. The minimum Gasteiger partial charge on any atom is -0.307 e. The second-order valence-electron chi connectivity index (χ2n) is 7.92. The van der Waals surface area contributed by atoms with Gasteiger partial charge in [0.1, 0.15) is 5.65 Å². The molecule has 2 aromatic rings. The lowest BCUT2D eigenvalue weighted by Gasteiger charge is -2.34. The number of fused-ring (bicyclic) bond motifs is 3. The van der Waals surface area contributed by atoms with Gasteiger partial charge < -0.3 is 4.98 Å². The van der Waals surface area contributed by atoms with Crippen LogP contribution in [0.4, 0.5) is 0 Å². The molecule has 24 heavy (non-hydrogen) atoms. The normalized spacial score (nSPS) is 25.1. The average Bonchev–Trinajstić information content (AvgIpc) is 3.12. The first-order chi connectivity index (χ1) is 11.7. The Morgan fingerprint density at radius 2 is 1.88 bits per heavy atom. The fourth-order valence-electron chi connectivity index (χ4n) is 4.98. The van der Waals surface area contributed by atoms with Crippen molar-refractivity contribution in [1.82, 2.24) is 19.7 Å². The van der Waals surface area contributed by atoms with Crippen molar-refractivity contribution in [2.45, 2.75) is 63.3 Å². The first kappa shape index (κ1) is 14.7. The van der Waals surface area contributed by atoms with Gasteiger partial charge >= 0.3 is 0 Å². The Bertz CT molecular complexity index is 845. The highest BCUT2D eigenvalue weighted by molar-refractivity contribution is 5.84. The Labute approximate surface area is 142 Å². The van der Waals surface area contributed by atoms with Crippen molar-refractivity contribution in [1.29, 1.82) is 0 Å². The molecule has 2 fully saturated rings. The minimum absolute atomic E-state index is 0.106. The quantitative estimate of drug-likeness (QED) is 0.922. The van der Waals surface area contributed by atoms with Crippen LogP contribution in [0.5, 0.6) is 0 Å². The summed E-state index contributed by atoms with van der Waals surface area (Å²) in [6, 6.07) is 0.818. The van der Waals surface area contributed by atoms with Gasteiger partial charge in [0.25, 0.3) is 5.56 Å². The summed E-state index contributed by atoms with van der Waals surface area (Å²) in [5, 5.41) is 6.15. The molecule has 1 unspecified atom stereocenters. The molecule has 1 saturated carbocycles. The molecule has 1 atom stereocenters. The zero-order valence-corrected chi connectivity index (χ0v) is 14.5. The number of hydrogen-bond donors (Lipinski definition) is 1. The number of likely N-dealkylation sites (tertiary alicyclic amines) is 1. The first-order valence-corrected chi connectivity index (χ1v) is 9.57. The van der Waals surface area contributed by atoms with E-state index in [0.717, 1.165) is 43.1 Å². The Hall–Kier alpha value is -1.62. The third kappa shape index (κ3) is 2.10. The van der Waals surface area contributed by atoms with E-state index >= 15 is 0 Å². The van der Waals surface area contributed by atoms with Crippen LogP contribution in [0.25, 0.3) is 11.0 Å². The fourth-order valence-corrected chi connectivity index (χ4v) is 4.98. The number of nitrogens with zero attached hydrogens (tertiary/aromatic N) is 3. The number of pyridine rings is 1. The van der Waals surface area contributed by atoms with Crippen LogP contribution in [0.15, 0.2) is 4.79 Å². The van der Waals surface area contributed by atoms with Crippen LogP contribution in [0.3, 0.4) is 0 Å². The van der Waals surface area contributed by atoms with Crippen LogP contribution < -0.4 is 5.56 Å². The van der Waals surface area contributed by atoms with Crippen molar-refractivity contribution in [2.24, 2.45) is 7.05 Å². The molecule has 1 saturated heterocycles. The van der Waals surface area contributed by atoms with Crippen LogP contribution >= 0.6 is 0 Å². The maximum absolute atomic E-state index is 12.4. The van der Waals surface area contributed by atoms with E-state index in [1.54, 1.807) is 0 Å². The fraction of sp³-hybridized carbons (Fsp3) is 0.684. The van der Waals surface area contributed by atoms with Gasteiger partial charge in [-0.05, 0) is 57.1 Å². The van der Waals surface area contributed by atoms with E-state index < -0.39 is 0 Å². The van der Waals surface area contributed by atoms with E-state index in [4.69, 9.17) is 5.10 Å². The van der Waals surface area contributed by atoms with Gasteiger partial charge in [-0.1, -0.05) is 6.42 Å². The molecule has 128 valence electrons. The molecular weight excluding hydrogens is 300 g/mol. The first-order valence-electron chi connectivity index (χ1n) is 9.57. The highest BCUT2D eigenvalue weighted by atomic mass is 16.1. The van der Waals surface area contributed by atoms with E-state index in [2.05, 4.69) is 9.88 Å². The zero-order valence-electron chi connectivity index (χ0n) is 14.5. The molecule has 0 aromatic carbocycles. The number of aromatic amines is 1. The lowest BCUT2D eigenvalue weighted by molar-refractivity contribution is 0.157. The maximum Gasteiger partial charge on any atom is 0.253 e. The summed E-state index contributed by atoms with van der Waals surface area (Å²) in [7, 11) is 1.97. The largest absolute Gasteiger partial charge is 0.307 e. The Kier molecular flexibility index (Phi) is 3.34. The summed E-state index contributed by atoms with van der Waals surface area (Å²) < 4.78 is 1.90. The number of hydrogen-bond acceptors (Lipinski definition) is 3. The van der Waals surface area contributed by atoms with Gasteiger partial charge in [0.2, 0.25) is 0 Å². The van der Waals surface area contributed by atoms with E-state index in [0.29, 0.717) is 5.92 Å². The molecule has 1 aliphatic heterocycles. The smallest absolute Gasteiger partial charge is 0.253 e. The molecule has 5 rings (SSSR count). The number of aryl methyl sites for hydroxylation is 2. The topological polar surface area (TPSA) is 53.9 Å². The molecule has 0 radical (unpaired) electrons. The minimum atomic E-state index is 0.106. The monoisotopic (exact) mass is 326 g/mol. The van der Waals surface area contributed by atoms with Gasteiger partial charge in [-0.25, -0.2) is 0 Å². The third-order valence-corrected chi connectivity index (χ3v) is 6.55. The Morgan fingerprint density at radius 1 is 1.08 bits per heavy atom. The van der Waals surface area contributed by atoms with Crippen LogP contribution in [0.2, 0.25) is 0 Å². The van der Waals surface area contributed by atoms with Crippen molar-refractivity contribution in [3.05, 3.63) is 27.2 Å². The van der Waals surface area contributed by atoms with Crippen LogP contribution in [0, 0.1) is 0 Å². The predicted octanol–water partition coefficient (Wildman–Crippen LogP) is 2.48. The molecule has 0 spiro atoms. The summed E-state index contributed by atoms with van der Waals surface area (Å²) in [5.41, 5.74) is 4.60. The molecule has 3 aliphatic rings. The summed E-state index contributed by atoms with van der Waals surface area (Å²) in [4.78, 5) is 18.2. The molecule has 2 aromatic heterocycles. The van der Waals surface area contributed by atoms with Gasteiger partial charge in [-0.3, -0.25) is 14.4 Å². The second-order valence-corrected chi connectivity index (χ2v) is 7.92. The van der Waals surface area contributed by atoms with E-state index in [-0.39, 0.29) is 5.56 Å². The molecule has 5 nitrogen and oxygen atoms in total. The standard InChI is InChI=1S/C19H26N4O/c1-22-18-16(14-7-2-3-8-15(14)19(24)20-18)17(21-22)12-9-10-23(11-12)13-5-4-6-13/h12-13H,2-11H2,1H3,(H,20,24). The van der Waals surface area contributed by atoms with Crippen LogP contribution in [-0.2, 0) is 19.9 Å². The molecule has 1 N–H and O–H groups in total. The maximum atomic E-state index is 12.4. The molecule has 5 heteroatoms. The van der Waals surface area contributed by atoms with Gasteiger partial charge in [0, 0.05) is 36.5 Å². The average molecular weight is 326 g/mol. The van der Waals surface area contributed by atoms with Crippen molar-refractivity contribution in [2.75, 3.05) is 13.1 Å². The zero-order chi connectivity index (χ0) is 16.3. The van der Waals surface area contributed by atoms with Gasteiger partial charge in [0.05, 0.1) is 5.69 Å². The van der Waals surface area contributed by atoms with E-state index in [1.807, 2.05) is 11.7 Å². The Balaban J connectivity index is 1.60. The molecule has 0 bridgehead atoms. The predicted molar refractivity (Wildman–Crippen MR) is 94.5 cm³/mol. The summed E-state index contributed by atoms with van der Waals surface area (Å²) in [6.07, 6.45) is 9.64. The van der Waals surface area contributed by atoms with Crippen LogP contribution in [0.1, 0.15) is 61.3 Å². The van der Waals surface area contributed by atoms with E-state index in [9.17, 15) is 4.79 Å². The lowest BCUT2D eigenvalue weighted by atomic mass is 9.88. The molecule has 2 aliphatic carbocycles. The van der Waals surface area contributed by atoms with Gasteiger partial charge in [0.15, 0.2) is 0 Å². The van der Waals surface area contributed by atoms with E-state index in [1.165, 1.54) is 55.3 Å². The number of nitrogens with one attached hydrogen (secondary N) is 1. The van der Waals surface area contributed by atoms with Crippen molar-refractivity contribution >= 4 is 11.0 Å². The van der Waals surface area contributed by atoms with Gasteiger partial charge in [-0.2, -0.15) is 5.10 Å². The summed E-state index contributed by atoms with van der Waals surface area (Å²) in [6.45, 7) is 2.35. The molecule has 3 heterocycles. The SMILES string of the molecule is Cn1nc(C2CCN(C3CCC3)C2)c2c3c(c(=O)[nH]c21)CCCC3. The van der Waals surface area contributed by atoms with Crippen LogP contribution in [-0.4, -0.2) is 38.8 Å². The second kappa shape index (κ2) is 5.45. The van der Waals surface area contributed by atoms with Crippen molar-refractivity contribution in [3.8, 4) is 0 Å². The van der Waals surface area contributed by atoms with Crippen molar-refractivity contribution < 1.29 is 0 Å². The lowest BCUT2D eigenvalue weighted by Crippen LogP contribution is -2.38. The van der Waals surface area contributed by atoms with Gasteiger partial charge in [-0.15, -0.1) is 0 Å². The van der Waals surface area contributed by atoms with Crippen molar-refractivity contribution in [3.63, 3.8) is 0 Å². The highest BCUT2D eigenvalue weighted by Gasteiger charge is 2.35. The summed E-state index contributed by atoms with van der Waals surface area (Å²) in [5.74, 6) is 0.520. The summed E-state index contributed by atoms with van der Waals surface area (Å²) >= 11 is 0. The highest BCUT2D eigenvalue weighted by Crippen LogP contribution is 2.37. The number of H-pyrrole nitrogens is 1. The Morgan fingerprint density at radius 3 is 2.62 bits per heavy atom. The third-order valence-electron chi connectivity index (χ3n) is 6.55.